The van der Waals surface area contributed by atoms with Gasteiger partial charge in [0.2, 0.25) is 0 Å². The van der Waals surface area contributed by atoms with E-state index in [1.165, 1.54) is 7.05 Å². The minimum absolute atomic E-state index is 0.339. The van der Waals surface area contributed by atoms with Crippen molar-refractivity contribution in [2.24, 2.45) is 0 Å². The molecule has 0 atom stereocenters. The molecule has 0 heterocycles. The highest BCUT2D eigenvalue weighted by Crippen LogP contribution is 1.90. The Morgan fingerprint density at radius 3 is 2.58 bits per heavy atom. The van der Waals surface area contributed by atoms with E-state index in [0.717, 1.165) is 5.06 Å². The van der Waals surface area contributed by atoms with Crippen LogP contribution in [0.15, 0.2) is 0 Å². The fourth-order valence-corrected chi connectivity index (χ4v) is 0.525. The Kier molecular flexibility index (Phi) is 6.41. The second kappa shape index (κ2) is 6.87. The molecule has 0 saturated carbocycles. The largest absolute Gasteiger partial charge is 0.448 e. The number of rotatable bonds is 5. The lowest BCUT2D eigenvalue weighted by Gasteiger charge is -2.15. The van der Waals surface area contributed by atoms with Gasteiger partial charge in [0.1, 0.15) is 0 Å². The molecule has 5 nitrogen and oxygen atoms in total. The second-order valence-corrected chi connectivity index (χ2v) is 2.02. The van der Waals surface area contributed by atoms with Crippen molar-refractivity contribution in [2.75, 3.05) is 34.0 Å². The average molecular weight is 177 g/mol. The summed E-state index contributed by atoms with van der Waals surface area (Å²) in [4.78, 5) is 15.8. The number of ether oxygens (including phenoxy) is 2. The summed E-state index contributed by atoms with van der Waals surface area (Å²) in [7, 11) is 3.06. The van der Waals surface area contributed by atoms with Crippen molar-refractivity contribution in [2.45, 2.75) is 6.92 Å². The van der Waals surface area contributed by atoms with Crippen LogP contribution < -0.4 is 0 Å². The maximum absolute atomic E-state index is 10.9. The first kappa shape index (κ1) is 11.2. The van der Waals surface area contributed by atoms with Gasteiger partial charge in [0.25, 0.3) is 0 Å². The zero-order chi connectivity index (χ0) is 9.40. The lowest BCUT2D eigenvalue weighted by Crippen LogP contribution is -2.29. The Morgan fingerprint density at radius 1 is 1.42 bits per heavy atom. The van der Waals surface area contributed by atoms with Gasteiger partial charge in [-0.25, -0.2) is 4.79 Å². The van der Waals surface area contributed by atoms with Gasteiger partial charge in [-0.15, -0.1) is 0 Å². The van der Waals surface area contributed by atoms with Gasteiger partial charge in [-0.05, 0) is 6.92 Å². The first-order valence-electron chi connectivity index (χ1n) is 3.74. The van der Waals surface area contributed by atoms with E-state index in [1.807, 2.05) is 0 Å². The van der Waals surface area contributed by atoms with E-state index < -0.39 is 6.09 Å². The summed E-state index contributed by atoms with van der Waals surface area (Å²) in [5, 5.41) is 1.04. The number of hydrogen-bond donors (Lipinski definition) is 0. The number of hydroxylamine groups is 2. The van der Waals surface area contributed by atoms with Gasteiger partial charge < -0.3 is 9.47 Å². The van der Waals surface area contributed by atoms with Crippen molar-refractivity contribution in [3.05, 3.63) is 0 Å². The van der Waals surface area contributed by atoms with Gasteiger partial charge in [0.05, 0.1) is 19.8 Å². The lowest BCUT2D eigenvalue weighted by molar-refractivity contribution is -0.128. The molecule has 0 radical (unpaired) electrons. The summed E-state index contributed by atoms with van der Waals surface area (Å²) in [5.41, 5.74) is 0. The fourth-order valence-electron chi connectivity index (χ4n) is 0.525. The molecular formula is C7H15NO4. The van der Waals surface area contributed by atoms with Gasteiger partial charge in [-0.1, -0.05) is 0 Å². The van der Waals surface area contributed by atoms with Crippen LogP contribution in [0.25, 0.3) is 0 Å². The number of hydrogen-bond acceptors (Lipinski definition) is 4. The lowest BCUT2D eigenvalue weighted by atomic mass is 10.8. The number of carbonyl (C=O) groups excluding carboxylic acids is 1. The number of methoxy groups -OCH3 is 1. The van der Waals surface area contributed by atoms with E-state index in [4.69, 9.17) is 9.57 Å². The van der Waals surface area contributed by atoms with E-state index in [2.05, 4.69) is 4.74 Å². The topological polar surface area (TPSA) is 48.0 Å². The molecule has 1 amide bonds. The zero-order valence-corrected chi connectivity index (χ0v) is 7.70. The van der Waals surface area contributed by atoms with Crippen LogP contribution in [0.3, 0.4) is 0 Å². The van der Waals surface area contributed by atoms with Crippen molar-refractivity contribution in [1.29, 1.82) is 0 Å². The first-order chi connectivity index (χ1) is 5.72. The van der Waals surface area contributed by atoms with Gasteiger partial charge >= 0.3 is 6.09 Å². The summed E-state index contributed by atoms with van der Waals surface area (Å²) in [6, 6.07) is 0. The SMILES string of the molecule is CCOC(=O)N(C)OCCOC. The van der Waals surface area contributed by atoms with Crippen molar-refractivity contribution >= 4 is 6.09 Å². The molecule has 0 aromatic heterocycles. The highest BCUT2D eigenvalue weighted by atomic mass is 16.7. The van der Waals surface area contributed by atoms with Crippen LogP contribution in [0.4, 0.5) is 4.79 Å². The van der Waals surface area contributed by atoms with Crippen LogP contribution in [-0.2, 0) is 14.3 Å². The number of nitrogens with zero attached hydrogens (tertiary/aromatic N) is 1. The molecule has 0 aliphatic heterocycles. The molecule has 0 unspecified atom stereocenters. The monoisotopic (exact) mass is 177 g/mol. The normalized spacial score (nSPS) is 9.58. The molecule has 0 spiro atoms. The van der Waals surface area contributed by atoms with Gasteiger partial charge in [-0.3, -0.25) is 4.84 Å². The average Bonchev–Trinajstić information content (AvgIpc) is 2.05. The molecule has 0 aliphatic rings. The maximum Gasteiger partial charge on any atom is 0.433 e. The standard InChI is InChI=1S/C7H15NO4/c1-4-11-7(9)8(2)12-6-5-10-3/h4-6H2,1-3H3. The molecule has 12 heavy (non-hydrogen) atoms. The van der Waals surface area contributed by atoms with Crippen LogP contribution >= 0.6 is 0 Å². The molecule has 0 aromatic carbocycles. The van der Waals surface area contributed by atoms with Crippen LogP contribution in [-0.4, -0.2) is 45.1 Å². The Morgan fingerprint density at radius 2 is 2.08 bits per heavy atom. The first-order valence-corrected chi connectivity index (χ1v) is 3.74. The zero-order valence-electron chi connectivity index (χ0n) is 7.70. The van der Waals surface area contributed by atoms with E-state index >= 15 is 0 Å². The fraction of sp³-hybridized carbons (Fsp3) is 0.857. The minimum Gasteiger partial charge on any atom is -0.448 e. The second-order valence-electron chi connectivity index (χ2n) is 2.02. The summed E-state index contributed by atoms with van der Waals surface area (Å²) in [6.07, 6.45) is -0.492. The molecule has 0 aliphatic carbocycles. The molecule has 0 bridgehead atoms. The highest BCUT2D eigenvalue weighted by Gasteiger charge is 2.08. The minimum atomic E-state index is -0.492. The van der Waals surface area contributed by atoms with E-state index in [9.17, 15) is 4.79 Å². The third kappa shape index (κ3) is 4.92. The quantitative estimate of drug-likeness (QED) is 0.457. The molecule has 72 valence electrons. The van der Waals surface area contributed by atoms with E-state index in [0.29, 0.717) is 19.8 Å². The van der Waals surface area contributed by atoms with Gasteiger partial charge in [0, 0.05) is 14.2 Å². The van der Waals surface area contributed by atoms with E-state index in [1.54, 1.807) is 14.0 Å². The maximum atomic E-state index is 10.9. The summed E-state index contributed by atoms with van der Waals surface area (Å²) in [5.74, 6) is 0. The van der Waals surface area contributed by atoms with Gasteiger partial charge in [-0.2, -0.15) is 5.06 Å². The van der Waals surface area contributed by atoms with Crippen molar-refractivity contribution < 1.29 is 19.1 Å². The molecule has 0 saturated heterocycles. The summed E-state index contributed by atoms with van der Waals surface area (Å²) < 4.78 is 9.38. The van der Waals surface area contributed by atoms with Crippen LogP contribution in [0.1, 0.15) is 6.92 Å². The van der Waals surface area contributed by atoms with Crippen LogP contribution in [0.5, 0.6) is 0 Å². The van der Waals surface area contributed by atoms with Crippen LogP contribution in [0.2, 0.25) is 0 Å². The number of carbonyl (C=O) groups is 1. The van der Waals surface area contributed by atoms with Crippen molar-refractivity contribution in [1.82, 2.24) is 5.06 Å². The predicted molar refractivity (Wildman–Crippen MR) is 42.6 cm³/mol. The third-order valence-corrected chi connectivity index (χ3v) is 1.10. The molecule has 5 heteroatoms. The summed E-state index contributed by atoms with van der Waals surface area (Å²) in [6.45, 7) is 2.87. The molecule has 0 rings (SSSR count). The van der Waals surface area contributed by atoms with E-state index in [-0.39, 0.29) is 0 Å². The highest BCUT2D eigenvalue weighted by molar-refractivity contribution is 5.65. The number of amides is 1. The van der Waals surface area contributed by atoms with Crippen LogP contribution in [0, 0.1) is 0 Å². The predicted octanol–water partition coefficient (Wildman–Crippen LogP) is 0.653. The Bertz CT molecular complexity index is 129. The third-order valence-electron chi connectivity index (χ3n) is 1.10. The Hall–Kier alpha value is -0.810. The Balaban J connectivity index is 3.42. The smallest absolute Gasteiger partial charge is 0.433 e. The molecule has 0 fully saturated rings. The summed E-state index contributed by atoms with van der Waals surface area (Å²) >= 11 is 0. The Labute approximate surface area is 72.1 Å². The molecular weight excluding hydrogens is 162 g/mol. The van der Waals surface area contributed by atoms with Crippen molar-refractivity contribution in [3.8, 4) is 0 Å². The molecule has 0 N–H and O–H groups in total. The molecule has 0 aromatic rings. The van der Waals surface area contributed by atoms with Crippen molar-refractivity contribution in [3.63, 3.8) is 0 Å². The van der Waals surface area contributed by atoms with Gasteiger partial charge in [0.15, 0.2) is 0 Å².